The molecule has 0 radical (unpaired) electrons. The molecule has 0 bridgehead atoms. The fourth-order valence-electron chi connectivity index (χ4n) is 4.27. The van der Waals surface area contributed by atoms with Gasteiger partial charge in [0.05, 0.1) is 17.2 Å². The first-order chi connectivity index (χ1) is 20.5. The van der Waals surface area contributed by atoms with E-state index in [0.717, 1.165) is 17.2 Å². The molecule has 0 aliphatic carbocycles. The Kier molecular flexibility index (Phi) is 11.3. The summed E-state index contributed by atoms with van der Waals surface area (Å²) in [5.74, 6) is -5.16. The second kappa shape index (κ2) is 14.3. The molecule has 0 heterocycles. The standard InChI is InChI=1S/C30H28F6IN3O4/c1-16-7-4-5-8-20(16)14-38-28(43)44-15-18(3)39-27(42)24-21(9-6-10-22(24)37)26(41)40-23-12-11-19(13-17(23)2)25(29(31,32)33)30(34,35)36/h4-13,18,25H,14-15H2,1-3H3,(H,38,43)(H,39,42)(H,40,41). The monoisotopic (exact) mass is 735 g/mol. The van der Waals surface area contributed by atoms with E-state index in [-0.39, 0.29) is 35.5 Å². The lowest BCUT2D eigenvalue weighted by molar-refractivity contribution is -0.253. The number of nitrogens with one attached hydrogen (secondary N) is 3. The largest absolute Gasteiger partial charge is 0.447 e. The van der Waals surface area contributed by atoms with Crippen LogP contribution in [0.3, 0.4) is 0 Å². The van der Waals surface area contributed by atoms with Gasteiger partial charge in [0.1, 0.15) is 6.61 Å². The molecule has 3 rings (SSSR count). The fourth-order valence-corrected chi connectivity index (χ4v) is 5.01. The second-order valence-corrected chi connectivity index (χ2v) is 11.1. The molecule has 1 atom stereocenters. The van der Waals surface area contributed by atoms with Crippen molar-refractivity contribution in [1.29, 1.82) is 0 Å². The molecule has 3 aromatic rings. The van der Waals surface area contributed by atoms with E-state index < -0.39 is 47.8 Å². The van der Waals surface area contributed by atoms with Crippen LogP contribution in [0.2, 0.25) is 0 Å². The van der Waals surface area contributed by atoms with Crippen LogP contribution in [0, 0.1) is 17.4 Å². The van der Waals surface area contributed by atoms with Gasteiger partial charge >= 0.3 is 18.4 Å². The zero-order valence-electron chi connectivity index (χ0n) is 23.6. The number of alkyl halides is 6. The van der Waals surface area contributed by atoms with Crippen LogP contribution < -0.4 is 16.0 Å². The molecular formula is C30H28F6IN3O4. The first-order valence-electron chi connectivity index (χ1n) is 13.1. The summed E-state index contributed by atoms with van der Waals surface area (Å²) >= 11 is 1.85. The highest BCUT2D eigenvalue weighted by atomic mass is 127. The van der Waals surface area contributed by atoms with Crippen molar-refractivity contribution >= 4 is 46.2 Å². The number of hydrogen-bond acceptors (Lipinski definition) is 4. The summed E-state index contributed by atoms with van der Waals surface area (Å²) in [6.45, 7) is 4.81. The van der Waals surface area contributed by atoms with Crippen LogP contribution in [0.25, 0.3) is 0 Å². The zero-order valence-corrected chi connectivity index (χ0v) is 25.8. The van der Waals surface area contributed by atoms with Crippen molar-refractivity contribution in [2.45, 2.75) is 51.6 Å². The summed E-state index contributed by atoms with van der Waals surface area (Å²) in [6, 6.07) is 13.6. The molecule has 0 aliphatic rings. The maximum Gasteiger partial charge on any atom is 0.407 e. The van der Waals surface area contributed by atoms with Gasteiger partial charge in [-0.25, -0.2) is 4.79 Å². The van der Waals surface area contributed by atoms with Crippen LogP contribution in [-0.4, -0.2) is 42.9 Å². The molecule has 44 heavy (non-hydrogen) atoms. The van der Waals surface area contributed by atoms with Crippen molar-refractivity contribution in [3.8, 4) is 0 Å². The van der Waals surface area contributed by atoms with Gasteiger partial charge in [-0.3, -0.25) is 9.59 Å². The summed E-state index contributed by atoms with van der Waals surface area (Å²) in [6.07, 6.45) is -11.8. The Morgan fingerprint density at radius 3 is 2.14 bits per heavy atom. The Bertz CT molecular complexity index is 1510. The van der Waals surface area contributed by atoms with Crippen molar-refractivity contribution in [3.05, 3.63) is 97.6 Å². The summed E-state index contributed by atoms with van der Waals surface area (Å²) in [7, 11) is 0. The average Bonchev–Trinajstić information content (AvgIpc) is 2.91. The van der Waals surface area contributed by atoms with Crippen LogP contribution in [0.4, 0.5) is 36.8 Å². The molecule has 0 spiro atoms. The average molecular weight is 735 g/mol. The first-order valence-corrected chi connectivity index (χ1v) is 14.2. The van der Waals surface area contributed by atoms with Crippen LogP contribution >= 0.6 is 22.6 Å². The molecule has 0 fully saturated rings. The molecule has 14 heteroatoms. The number of aryl methyl sites for hydroxylation is 2. The van der Waals surface area contributed by atoms with Crippen LogP contribution in [0.5, 0.6) is 0 Å². The van der Waals surface area contributed by atoms with Gasteiger partial charge in [0.15, 0.2) is 5.92 Å². The van der Waals surface area contributed by atoms with Crippen molar-refractivity contribution < 1.29 is 45.5 Å². The molecule has 0 saturated carbocycles. The van der Waals surface area contributed by atoms with E-state index in [0.29, 0.717) is 15.7 Å². The second-order valence-electron chi connectivity index (χ2n) is 9.96. The van der Waals surface area contributed by atoms with Crippen molar-refractivity contribution in [3.63, 3.8) is 0 Å². The highest BCUT2D eigenvalue weighted by Gasteiger charge is 2.57. The molecule has 3 N–H and O–H groups in total. The molecule has 0 aromatic heterocycles. The third-order valence-corrected chi connectivity index (χ3v) is 7.40. The number of rotatable bonds is 9. The number of hydrogen-bond donors (Lipinski definition) is 3. The van der Waals surface area contributed by atoms with Gasteiger partial charge in [0.25, 0.3) is 11.8 Å². The number of carbonyl (C=O) groups is 3. The Morgan fingerprint density at radius 2 is 1.52 bits per heavy atom. The zero-order chi connectivity index (χ0) is 32.8. The summed E-state index contributed by atoms with van der Waals surface area (Å²) in [4.78, 5) is 38.4. The molecule has 7 nitrogen and oxygen atoms in total. The minimum atomic E-state index is -5.56. The third kappa shape index (κ3) is 9.09. The Hall–Kier alpha value is -3.82. The van der Waals surface area contributed by atoms with E-state index >= 15 is 0 Å². The maximum atomic E-state index is 13.2. The molecular weight excluding hydrogens is 707 g/mol. The maximum absolute atomic E-state index is 13.2. The Labute approximate surface area is 262 Å². The van der Waals surface area contributed by atoms with Gasteiger partial charge in [-0.05, 0) is 83.8 Å². The minimum Gasteiger partial charge on any atom is -0.447 e. The summed E-state index contributed by atoms with van der Waals surface area (Å²) < 4.78 is 84.5. The normalized spacial score (nSPS) is 12.4. The minimum absolute atomic E-state index is 0.0232. The van der Waals surface area contributed by atoms with Crippen LogP contribution in [0.15, 0.2) is 60.7 Å². The molecule has 0 aliphatic heterocycles. The van der Waals surface area contributed by atoms with E-state index in [9.17, 15) is 40.7 Å². The highest BCUT2D eigenvalue weighted by molar-refractivity contribution is 14.1. The van der Waals surface area contributed by atoms with Crippen molar-refractivity contribution in [2.75, 3.05) is 11.9 Å². The van der Waals surface area contributed by atoms with E-state index in [2.05, 4.69) is 16.0 Å². The lowest BCUT2D eigenvalue weighted by atomic mass is 9.95. The highest BCUT2D eigenvalue weighted by Crippen LogP contribution is 2.46. The molecule has 3 amide bonds. The predicted octanol–water partition coefficient (Wildman–Crippen LogP) is 7.41. The van der Waals surface area contributed by atoms with Crippen LogP contribution in [0.1, 0.15) is 55.8 Å². The lowest BCUT2D eigenvalue weighted by Gasteiger charge is -2.24. The van der Waals surface area contributed by atoms with Crippen LogP contribution in [-0.2, 0) is 11.3 Å². The Morgan fingerprint density at radius 1 is 0.864 bits per heavy atom. The van der Waals surface area contributed by atoms with Gasteiger partial charge in [0, 0.05) is 15.8 Å². The fraction of sp³-hybridized carbons (Fsp3) is 0.300. The van der Waals surface area contributed by atoms with E-state index in [1.165, 1.54) is 19.1 Å². The van der Waals surface area contributed by atoms with Gasteiger partial charge in [0.2, 0.25) is 0 Å². The van der Waals surface area contributed by atoms with E-state index in [4.69, 9.17) is 4.74 Å². The van der Waals surface area contributed by atoms with Gasteiger partial charge < -0.3 is 20.7 Å². The van der Waals surface area contributed by atoms with Gasteiger partial charge in [-0.1, -0.05) is 42.5 Å². The number of ether oxygens (including phenoxy) is 1. The number of anilines is 1. The smallest absolute Gasteiger partial charge is 0.407 e. The quantitative estimate of drug-likeness (QED) is 0.158. The van der Waals surface area contributed by atoms with Crippen molar-refractivity contribution in [2.24, 2.45) is 0 Å². The van der Waals surface area contributed by atoms with E-state index in [1.807, 2.05) is 53.8 Å². The lowest BCUT2D eigenvalue weighted by Crippen LogP contribution is -2.39. The summed E-state index contributed by atoms with van der Waals surface area (Å²) in [5.41, 5.74) is 0.691. The van der Waals surface area contributed by atoms with E-state index in [1.54, 1.807) is 13.0 Å². The predicted molar refractivity (Wildman–Crippen MR) is 159 cm³/mol. The number of carbonyl (C=O) groups excluding carboxylic acids is 3. The third-order valence-electron chi connectivity index (χ3n) is 6.50. The number of alkyl carbamates (subject to hydrolysis) is 1. The molecule has 236 valence electrons. The van der Waals surface area contributed by atoms with Gasteiger partial charge in [-0.15, -0.1) is 0 Å². The Balaban J connectivity index is 1.68. The molecule has 0 saturated heterocycles. The SMILES string of the molecule is Cc1ccccc1CNC(=O)OCC(C)NC(=O)c1c(I)cccc1C(=O)Nc1ccc(C(C(F)(F)F)C(F)(F)F)cc1C. The number of halogens is 7. The van der Waals surface area contributed by atoms with Gasteiger partial charge in [-0.2, -0.15) is 26.3 Å². The topological polar surface area (TPSA) is 96.5 Å². The molecule has 3 aromatic carbocycles. The molecule has 1 unspecified atom stereocenters. The van der Waals surface area contributed by atoms with Crippen molar-refractivity contribution in [1.82, 2.24) is 10.6 Å². The number of amides is 3. The summed E-state index contributed by atoms with van der Waals surface area (Å²) in [5, 5.41) is 7.73. The first kappa shape index (κ1) is 34.7. The number of benzene rings is 3.